The number of anilines is 1. The van der Waals surface area contributed by atoms with Crippen molar-refractivity contribution in [3.8, 4) is 0 Å². The van der Waals surface area contributed by atoms with Crippen LogP contribution in [-0.4, -0.2) is 16.9 Å². The van der Waals surface area contributed by atoms with Crippen LogP contribution >= 0.6 is 15.9 Å². The minimum atomic E-state index is -4.52. The third kappa shape index (κ3) is 3.55. The maximum Gasteiger partial charge on any atom is 0.417 e. The maximum atomic E-state index is 13.0. The molecular formula is C11H10BrF5N2. The fraction of sp³-hybridized carbons (Fsp3) is 0.545. The van der Waals surface area contributed by atoms with Gasteiger partial charge in [0.25, 0.3) is 0 Å². The van der Waals surface area contributed by atoms with Crippen molar-refractivity contribution in [1.29, 1.82) is 0 Å². The van der Waals surface area contributed by atoms with Crippen molar-refractivity contribution < 1.29 is 22.0 Å². The third-order valence-electron chi connectivity index (χ3n) is 2.92. The lowest BCUT2D eigenvalue weighted by Crippen LogP contribution is -2.20. The third-order valence-corrected chi connectivity index (χ3v) is 3.55. The molecule has 1 fully saturated rings. The Labute approximate surface area is 114 Å². The van der Waals surface area contributed by atoms with Crippen molar-refractivity contribution >= 4 is 21.7 Å². The number of nitrogens with zero attached hydrogens (tertiary/aromatic N) is 1. The van der Waals surface area contributed by atoms with Gasteiger partial charge in [-0.1, -0.05) is 0 Å². The van der Waals surface area contributed by atoms with Crippen LogP contribution in [0, 0.1) is 0 Å². The SMILES string of the molecule is FC1(F)CCC(Nc2cc(C(F)(F)F)c(Br)cn2)C1. The first-order valence-corrected chi connectivity index (χ1v) is 6.34. The Balaban J connectivity index is 2.14. The summed E-state index contributed by atoms with van der Waals surface area (Å²) < 4.78 is 63.8. The van der Waals surface area contributed by atoms with Crippen molar-refractivity contribution in [1.82, 2.24) is 4.98 Å². The Bertz CT molecular complexity index is 475. The van der Waals surface area contributed by atoms with Gasteiger partial charge in [-0.3, -0.25) is 0 Å². The Hall–Kier alpha value is -0.920. The molecule has 1 aromatic heterocycles. The lowest BCUT2D eigenvalue weighted by atomic mass is 10.2. The fourth-order valence-electron chi connectivity index (χ4n) is 2.02. The second-order valence-corrected chi connectivity index (χ2v) is 5.34. The summed E-state index contributed by atoms with van der Waals surface area (Å²) in [4.78, 5) is 3.76. The molecule has 2 nitrogen and oxygen atoms in total. The number of hydrogen-bond acceptors (Lipinski definition) is 2. The molecule has 1 aliphatic rings. The summed E-state index contributed by atoms with van der Waals surface area (Å²) in [5, 5.41) is 2.62. The number of halogens is 6. The van der Waals surface area contributed by atoms with E-state index in [4.69, 9.17) is 0 Å². The van der Waals surface area contributed by atoms with Crippen LogP contribution in [0.3, 0.4) is 0 Å². The molecule has 0 aliphatic heterocycles. The molecule has 1 N–H and O–H groups in total. The molecule has 19 heavy (non-hydrogen) atoms. The van der Waals surface area contributed by atoms with Gasteiger partial charge < -0.3 is 5.32 Å². The summed E-state index contributed by atoms with van der Waals surface area (Å²) in [7, 11) is 0. The topological polar surface area (TPSA) is 24.9 Å². The zero-order chi connectivity index (χ0) is 14.3. The molecule has 1 aliphatic carbocycles. The zero-order valence-electron chi connectivity index (χ0n) is 9.57. The Kier molecular flexibility index (Phi) is 3.72. The van der Waals surface area contributed by atoms with Crippen LogP contribution in [0.25, 0.3) is 0 Å². The largest absolute Gasteiger partial charge is 0.417 e. The average Bonchev–Trinajstić information content (AvgIpc) is 2.59. The van der Waals surface area contributed by atoms with Gasteiger partial charge in [-0.25, -0.2) is 13.8 Å². The molecule has 1 heterocycles. The predicted octanol–water partition coefficient (Wildman–Crippen LogP) is 4.46. The van der Waals surface area contributed by atoms with Gasteiger partial charge >= 0.3 is 6.18 Å². The highest BCUT2D eigenvalue weighted by Crippen LogP contribution is 2.38. The standard InChI is InChI=1S/C11H10BrF5N2/c12-8-5-18-9(3-7(8)11(15,16)17)19-6-1-2-10(13,14)4-6/h3,5-6H,1-2,4H2,(H,18,19). The van der Waals surface area contributed by atoms with E-state index in [9.17, 15) is 22.0 Å². The highest BCUT2D eigenvalue weighted by molar-refractivity contribution is 9.10. The molecule has 1 aromatic rings. The van der Waals surface area contributed by atoms with Crippen LogP contribution in [0.2, 0.25) is 0 Å². The van der Waals surface area contributed by atoms with E-state index >= 15 is 0 Å². The van der Waals surface area contributed by atoms with Gasteiger partial charge in [0.2, 0.25) is 5.92 Å². The lowest BCUT2D eigenvalue weighted by Gasteiger charge is -2.15. The Morgan fingerprint density at radius 3 is 2.58 bits per heavy atom. The molecule has 106 valence electrons. The molecule has 0 spiro atoms. The molecule has 2 rings (SSSR count). The molecule has 0 bridgehead atoms. The van der Waals surface area contributed by atoms with Crippen LogP contribution in [0.5, 0.6) is 0 Å². The molecule has 8 heteroatoms. The summed E-state index contributed by atoms with van der Waals surface area (Å²) in [5.74, 6) is -2.79. The second-order valence-electron chi connectivity index (χ2n) is 4.49. The normalized spacial score (nSPS) is 22.5. The monoisotopic (exact) mass is 344 g/mol. The predicted molar refractivity (Wildman–Crippen MR) is 63.1 cm³/mol. The highest BCUT2D eigenvalue weighted by atomic mass is 79.9. The molecule has 0 radical (unpaired) electrons. The minimum absolute atomic E-state index is 0.0433. The van der Waals surface area contributed by atoms with Crippen molar-refractivity contribution in [3.63, 3.8) is 0 Å². The Morgan fingerprint density at radius 2 is 2.05 bits per heavy atom. The first-order chi connectivity index (χ1) is 8.67. The number of pyridine rings is 1. The van der Waals surface area contributed by atoms with Gasteiger partial charge in [-0.15, -0.1) is 0 Å². The molecule has 1 saturated carbocycles. The number of alkyl halides is 5. The summed E-state index contributed by atoms with van der Waals surface area (Å²) in [6.45, 7) is 0. The van der Waals surface area contributed by atoms with Crippen molar-refractivity contribution in [2.45, 2.75) is 37.4 Å². The van der Waals surface area contributed by atoms with E-state index in [1.807, 2.05) is 0 Å². The van der Waals surface area contributed by atoms with Gasteiger partial charge in [-0.2, -0.15) is 13.2 Å². The van der Waals surface area contributed by atoms with Crippen molar-refractivity contribution in [2.75, 3.05) is 5.32 Å². The number of nitrogens with one attached hydrogen (secondary N) is 1. The van der Waals surface area contributed by atoms with E-state index in [0.717, 1.165) is 12.3 Å². The van der Waals surface area contributed by atoms with Gasteiger partial charge in [0.15, 0.2) is 0 Å². The first kappa shape index (κ1) is 14.5. The van der Waals surface area contributed by atoms with Gasteiger partial charge in [0, 0.05) is 29.6 Å². The highest BCUT2D eigenvalue weighted by Gasteiger charge is 2.40. The van der Waals surface area contributed by atoms with Gasteiger partial charge in [0.05, 0.1) is 5.56 Å². The molecule has 1 unspecified atom stereocenters. The van der Waals surface area contributed by atoms with E-state index < -0.39 is 23.7 Å². The minimum Gasteiger partial charge on any atom is -0.367 e. The summed E-state index contributed by atoms with van der Waals surface area (Å²) in [5.41, 5.74) is -0.880. The van der Waals surface area contributed by atoms with Crippen LogP contribution in [0.15, 0.2) is 16.7 Å². The van der Waals surface area contributed by atoms with E-state index in [1.54, 1.807) is 0 Å². The smallest absolute Gasteiger partial charge is 0.367 e. The summed E-state index contributed by atoms with van der Waals surface area (Å²) >= 11 is 2.77. The van der Waals surface area contributed by atoms with Crippen LogP contribution in [0.4, 0.5) is 27.8 Å². The van der Waals surface area contributed by atoms with Crippen LogP contribution < -0.4 is 5.32 Å². The second kappa shape index (κ2) is 4.88. The van der Waals surface area contributed by atoms with Crippen LogP contribution in [0.1, 0.15) is 24.8 Å². The van der Waals surface area contributed by atoms with Crippen molar-refractivity contribution in [3.05, 3.63) is 22.3 Å². The number of hydrogen-bond donors (Lipinski definition) is 1. The number of rotatable bonds is 2. The molecule has 0 amide bonds. The van der Waals surface area contributed by atoms with E-state index in [0.29, 0.717) is 0 Å². The lowest BCUT2D eigenvalue weighted by molar-refractivity contribution is -0.138. The Morgan fingerprint density at radius 1 is 1.37 bits per heavy atom. The van der Waals surface area contributed by atoms with Crippen molar-refractivity contribution in [2.24, 2.45) is 0 Å². The summed E-state index contributed by atoms with van der Waals surface area (Å²) in [6.07, 6.45) is -3.93. The summed E-state index contributed by atoms with van der Waals surface area (Å²) in [6, 6.07) is 0.269. The first-order valence-electron chi connectivity index (χ1n) is 5.54. The maximum absolute atomic E-state index is 13.0. The van der Waals surface area contributed by atoms with E-state index in [1.165, 1.54) is 0 Å². The number of aromatic nitrogens is 1. The molecule has 1 atom stereocenters. The van der Waals surface area contributed by atoms with E-state index in [-0.39, 0.29) is 29.6 Å². The average molecular weight is 345 g/mol. The molecular weight excluding hydrogens is 335 g/mol. The van der Waals surface area contributed by atoms with Gasteiger partial charge in [-0.05, 0) is 28.4 Å². The van der Waals surface area contributed by atoms with Crippen LogP contribution in [-0.2, 0) is 6.18 Å². The molecule has 0 aromatic carbocycles. The van der Waals surface area contributed by atoms with Gasteiger partial charge in [0.1, 0.15) is 5.82 Å². The fourth-order valence-corrected chi connectivity index (χ4v) is 2.46. The van der Waals surface area contributed by atoms with E-state index in [2.05, 4.69) is 26.2 Å². The quantitative estimate of drug-likeness (QED) is 0.801. The zero-order valence-corrected chi connectivity index (χ0v) is 11.2. The molecule has 0 saturated heterocycles.